The third kappa shape index (κ3) is 4.75. The quantitative estimate of drug-likeness (QED) is 0.797. The van der Waals surface area contributed by atoms with E-state index in [-0.39, 0.29) is 12.4 Å². The number of fused-ring (bicyclic) bond motifs is 1. The Morgan fingerprint density at radius 2 is 1.92 bits per heavy atom. The molecule has 0 amide bonds. The van der Waals surface area contributed by atoms with Crippen molar-refractivity contribution >= 4 is 12.4 Å². The number of phenolic OH excluding ortho intramolecular Hbond substituents is 1. The first-order valence-corrected chi connectivity index (χ1v) is 8.86. The van der Waals surface area contributed by atoms with Gasteiger partial charge >= 0.3 is 0 Å². The van der Waals surface area contributed by atoms with Crippen LogP contribution in [-0.4, -0.2) is 17.2 Å². The Balaban J connectivity index is 0.00000208. The van der Waals surface area contributed by atoms with Gasteiger partial charge < -0.3 is 10.4 Å². The molecular formula is C21H28ClNO. The van der Waals surface area contributed by atoms with E-state index in [1.165, 1.54) is 17.5 Å². The minimum absolute atomic E-state index is 0. The zero-order chi connectivity index (χ0) is 16.1. The Morgan fingerprint density at radius 1 is 1.12 bits per heavy atom. The Morgan fingerprint density at radius 3 is 2.67 bits per heavy atom. The van der Waals surface area contributed by atoms with E-state index in [4.69, 9.17) is 0 Å². The van der Waals surface area contributed by atoms with Gasteiger partial charge in [0.15, 0.2) is 0 Å². The van der Waals surface area contributed by atoms with Crippen LogP contribution in [0.25, 0.3) is 0 Å². The third-order valence-corrected chi connectivity index (χ3v) is 5.05. The molecule has 0 fully saturated rings. The summed E-state index contributed by atoms with van der Waals surface area (Å²) in [5, 5.41) is 13.8. The van der Waals surface area contributed by atoms with Crippen LogP contribution in [0.4, 0.5) is 0 Å². The molecule has 24 heavy (non-hydrogen) atoms. The zero-order valence-electron chi connectivity index (χ0n) is 14.4. The van der Waals surface area contributed by atoms with Crippen molar-refractivity contribution in [1.82, 2.24) is 5.32 Å². The maximum absolute atomic E-state index is 9.96. The highest BCUT2D eigenvalue weighted by atomic mass is 35.5. The van der Waals surface area contributed by atoms with E-state index in [9.17, 15) is 5.11 Å². The molecule has 1 aliphatic rings. The fourth-order valence-electron chi connectivity index (χ4n) is 3.65. The second-order valence-electron chi connectivity index (χ2n) is 6.65. The van der Waals surface area contributed by atoms with Crippen molar-refractivity contribution in [2.75, 3.05) is 0 Å². The van der Waals surface area contributed by atoms with Crippen LogP contribution in [0.2, 0.25) is 0 Å². The maximum atomic E-state index is 9.96. The monoisotopic (exact) mass is 345 g/mol. The Labute approximate surface area is 151 Å². The van der Waals surface area contributed by atoms with E-state index in [1.807, 2.05) is 6.07 Å². The molecule has 3 rings (SSSR count). The average molecular weight is 346 g/mol. The van der Waals surface area contributed by atoms with Crippen molar-refractivity contribution < 1.29 is 5.11 Å². The molecule has 0 saturated heterocycles. The van der Waals surface area contributed by atoms with Gasteiger partial charge in [0.05, 0.1) is 0 Å². The number of hydrogen-bond acceptors (Lipinski definition) is 2. The molecular weight excluding hydrogens is 318 g/mol. The molecule has 1 aliphatic carbocycles. The van der Waals surface area contributed by atoms with Crippen LogP contribution in [0.5, 0.6) is 5.75 Å². The van der Waals surface area contributed by atoms with Gasteiger partial charge in [-0.2, -0.15) is 0 Å². The van der Waals surface area contributed by atoms with Gasteiger partial charge in [0, 0.05) is 12.1 Å². The number of rotatable bonds is 6. The molecule has 0 spiro atoms. The second-order valence-corrected chi connectivity index (χ2v) is 6.65. The summed E-state index contributed by atoms with van der Waals surface area (Å²) in [6.45, 7) is 2.27. The van der Waals surface area contributed by atoms with Gasteiger partial charge in [0.1, 0.15) is 5.75 Å². The minimum Gasteiger partial charge on any atom is -0.508 e. The van der Waals surface area contributed by atoms with Gasteiger partial charge in [0.2, 0.25) is 0 Å². The van der Waals surface area contributed by atoms with Crippen LogP contribution in [0.1, 0.15) is 42.9 Å². The van der Waals surface area contributed by atoms with Crippen molar-refractivity contribution in [3.8, 4) is 5.75 Å². The molecule has 0 radical (unpaired) electrons. The number of halogens is 1. The zero-order valence-corrected chi connectivity index (χ0v) is 15.2. The summed E-state index contributed by atoms with van der Waals surface area (Å²) in [7, 11) is 0. The van der Waals surface area contributed by atoms with Crippen molar-refractivity contribution in [2.45, 2.75) is 57.5 Å². The molecule has 2 unspecified atom stereocenters. The lowest BCUT2D eigenvalue weighted by Gasteiger charge is -2.30. The van der Waals surface area contributed by atoms with E-state index < -0.39 is 0 Å². The number of aromatic hydroxyl groups is 1. The van der Waals surface area contributed by atoms with Crippen LogP contribution in [0, 0.1) is 0 Å². The summed E-state index contributed by atoms with van der Waals surface area (Å²) in [6.07, 6.45) is 6.61. The van der Waals surface area contributed by atoms with Crippen molar-refractivity contribution in [3.05, 3.63) is 65.2 Å². The van der Waals surface area contributed by atoms with Crippen molar-refractivity contribution in [3.63, 3.8) is 0 Å². The minimum atomic E-state index is 0. The molecule has 0 aromatic heterocycles. The highest BCUT2D eigenvalue weighted by Crippen LogP contribution is 2.29. The van der Waals surface area contributed by atoms with E-state index in [0.29, 0.717) is 17.8 Å². The molecule has 0 bridgehead atoms. The maximum Gasteiger partial charge on any atom is 0.119 e. The topological polar surface area (TPSA) is 32.3 Å². The van der Waals surface area contributed by atoms with E-state index in [2.05, 4.69) is 48.6 Å². The van der Waals surface area contributed by atoms with Gasteiger partial charge in [0.25, 0.3) is 0 Å². The van der Waals surface area contributed by atoms with E-state index >= 15 is 0 Å². The van der Waals surface area contributed by atoms with Gasteiger partial charge in [-0.25, -0.2) is 0 Å². The fourth-order valence-corrected chi connectivity index (χ4v) is 3.65. The largest absolute Gasteiger partial charge is 0.508 e. The lowest BCUT2D eigenvalue weighted by molar-refractivity contribution is 0.366. The second kappa shape index (κ2) is 9.10. The third-order valence-electron chi connectivity index (χ3n) is 5.05. The van der Waals surface area contributed by atoms with Crippen LogP contribution >= 0.6 is 12.4 Å². The molecule has 2 N–H and O–H groups in total. The summed E-state index contributed by atoms with van der Waals surface area (Å²) >= 11 is 0. The average Bonchev–Trinajstić information content (AvgIpc) is 2.59. The number of phenols is 1. The van der Waals surface area contributed by atoms with Crippen molar-refractivity contribution in [2.24, 2.45) is 0 Å². The highest BCUT2D eigenvalue weighted by molar-refractivity contribution is 5.85. The van der Waals surface area contributed by atoms with Gasteiger partial charge in [-0.05, 0) is 61.3 Å². The highest BCUT2D eigenvalue weighted by Gasteiger charge is 2.22. The predicted octanol–water partition coefficient (Wildman–Crippen LogP) is 4.67. The van der Waals surface area contributed by atoms with E-state index in [0.717, 1.165) is 37.7 Å². The molecule has 2 aromatic rings. The summed E-state index contributed by atoms with van der Waals surface area (Å²) in [5.41, 5.74) is 3.89. The van der Waals surface area contributed by atoms with Gasteiger partial charge in [-0.15, -0.1) is 12.4 Å². The number of benzene rings is 2. The molecule has 0 heterocycles. The smallest absolute Gasteiger partial charge is 0.119 e. The van der Waals surface area contributed by atoms with Gasteiger partial charge in [-0.3, -0.25) is 0 Å². The lowest BCUT2D eigenvalue weighted by Crippen LogP contribution is -2.41. The van der Waals surface area contributed by atoms with E-state index in [1.54, 1.807) is 6.07 Å². The SMILES string of the molecule is CCC(CCc1ccccc1)NC1CCc2c(O)cccc2C1.Cl. The summed E-state index contributed by atoms with van der Waals surface area (Å²) in [4.78, 5) is 0. The van der Waals surface area contributed by atoms with Crippen LogP contribution in [0.15, 0.2) is 48.5 Å². The molecule has 0 aliphatic heterocycles. The Bertz CT molecular complexity index is 629. The fraction of sp³-hybridized carbons (Fsp3) is 0.429. The number of hydrogen-bond donors (Lipinski definition) is 2. The molecule has 2 nitrogen and oxygen atoms in total. The molecule has 2 aromatic carbocycles. The Hall–Kier alpha value is -1.51. The van der Waals surface area contributed by atoms with Crippen LogP contribution in [-0.2, 0) is 19.3 Å². The first kappa shape index (κ1) is 18.8. The standard InChI is InChI=1S/C21H27NO.ClH/c1-2-18(12-11-16-7-4-3-5-8-16)22-19-13-14-20-17(15-19)9-6-10-21(20)23;/h3-10,18-19,22-23H,2,11-15H2,1H3;1H. The van der Waals surface area contributed by atoms with Crippen molar-refractivity contribution in [1.29, 1.82) is 0 Å². The van der Waals surface area contributed by atoms with Crippen LogP contribution in [0.3, 0.4) is 0 Å². The summed E-state index contributed by atoms with van der Waals surface area (Å²) < 4.78 is 0. The first-order chi connectivity index (χ1) is 11.3. The first-order valence-electron chi connectivity index (χ1n) is 8.86. The Kier molecular flexibility index (Phi) is 7.14. The molecule has 0 saturated carbocycles. The molecule has 130 valence electrons. The lowest BCUT2D eigenvalue weighted by atomic mass is 9.87. The number of nitrogens with one attached hydrogen (secondary N) is 1. The molecule has 3 heteroatoms. The predicted molar refractivity (Wildman–Crippen MR) is 103 cm³/mol. The van der Waals surface area contributed by atoms with Crippen LogP contribution < -0.4 is 5.32 Å². The summed E-state index contributed by atoms with van der Waals surface area (Å²) in [6, 6.07) is 17.8. The normalized spacial score (nSPS) is 17.6. The van der Waals surface area contributed by atoms with Gasteiger partial charge in [-0.1, -0.05) is 49.4 Å². The number of aryl methyl sites for hydroxylation is 1. The molecule has 2 atom stereocenters. The summed E-state index contributed by atoms with van der Waals surface area (Å²) in [5.74, 6) is 0.470.